The molecule has 0 saturated carbocycles. The Balaban J connectivity index is 2.80. The number of hydrogen-bond acceptors (Lipinski definition) is 7. The van der Waals surface area contributed by atoms with E-state index in [0.29, 0.717) is 6.42 Å². The number of carbonyl (C=O) groups excluding carboxylic acids is 2. The number of sulfonamides is 1. The zero-order valence-electron chi connectivity index (χ0n) is 12.9. The number of hydrogen-bond donors (Lipinski definition) is 1. The predicted octanol–water partition coefficient (Wildman–Crippen LogP) is 0.843. The quantitative estimate of drug-likeness (QED) is 0.547. The van der Waals surface area contributed by atoms with Crippen LogP contribution in [0.25, 0.3) is 0 Å². The van der Waals surface area contributed by atoms with Gasteiger partial charge in [0, 0.05) is 0 Å². The van der Waals surface area contributed by atoms with Crippen LogP contribution in [0, 0.1) is 0 Å². The number of primary sulfonamides is 1. The molecule has 23 heavy (non-hydrogen) atoms. The fraction of sp³-hybridized carbons (Fsp3) is 0.429. The molecule has 1 rings (SSSR count). The summed E-state index contributed by atoms with van der Waals surface area (Å²) in [6.45, 7) is 1.61. The Bertz CT molecular complexity index is 670. The van der Waals surface area contributed by atoms with Gasteiger partial charge in [0.25, 0.3) is 0 Å². The number of methoxy groups -OCH3 is 1. The van der Waals surface area contributed by atoms with E-state index < -0.39 is 28.6 Å². The molecule has 0 heterocycles. The summed E-state index contributed by atoms with van der Waals surface area (Å²) in [5.41, 5.74) is -0.152. The summed E-state index contributed by atoms with van der Waals surface area (Å²) in [7, 11) is -2.68. The molecule has 0 spiro atoms. The van der Waals surface area contributed by atoms with Crippen molar-refractivity contribution < 1.29 is 32.2 Å². The lowest BCUT2D eigenvalue weighted by Gasteiger charge is -2.10. The first-order valence-electron chi connectivity index (χ1n) is 6.83. The van der Waals surface area contributed by atoms with Gasteiger partial charge in [-0.05, 0) is 24.6 Å². The Hall–Kier alpha value is -2.13. The molecule has 8 nitrogen and oxygen atoms in total. The van der Waals surface area contributed by atoms with Crippen molar-refractivity contribution in [1.29, 1.82) is 0 Å². The van der Waals surface area contributed by atoms with E-state index in [4.69, 9.17) is 19.3 Å². The van der Waals surface area contributed by atoms with Crippen molar-refractivity contribution >= 4 is 22.0 Å². The van der Waals surface area contributed by atoms with Crippen LogP contribution in [-0.4, -0.2) is 40.7 Å². The standard InChI is InChI=1S/C14H19NO7S/c1-3-4-7-21-13(16)9-22-14(17)11-8-10(23(15,18)19)5-6-12(11)20-2/h5-6,8H,3-4,7,9H2,1-2H3,(H2,15,18,19). The smallest absolute Gasteiger partial charge is 0.344 e. The Morgan fingerprint density at radius 2 is 1.91 bits per heavy atom. The third-order valence-corrected chi connectivity index (χ3v) is 3.71. The monoisotopic (exact) mass is 345 g/mol. The topological polar surface area (TPSA) is 122 Å². The molecule has 2 N–H and O–H groups in total. The second-order valence-corrected chi connectivity index (χ2v) is 6.12. The second kappa shape index (κ2) is 8.49. The van der Waals surface area contributed by atoms with Gasteiger partial charge in [-0.25, -0.2) is 23.1 Å². The Morgan fingerprint density at radius 3 is 2.48 bits per heavy atom. The largest absolute Gasteiger partial charge is 0.496 e. The van der Waals surface area contributed by atoms with E-state index in [2.05, 4.69) is 0 Å². The molecule has 0 amide bonds. The van der Waals surface area contributed by atoms with E-state index >= 15 is 0 Å². The van der Waals surface area contributed by atoms with Crippen LogP contribution in [0.15, 0.2) is 23.1 Å². The highest BCUT2D eigenvalue weighted by Gasteiger charge is 2.19. The molecular formula is C14H19NO7S. The summed E-state index contributed by atoms with van der Waals surface area (Å²) in [5.74, 6) is -1.50. The van der Waals surface area contributed by atoms with Crippen LogP contribution in [0.1, 0.15) is 30.1 Å². The molecule has 0 aliphatic carbocycles. The van der Waals surface area contributed by atoms with E-state index in [1.54, 1.807) is 0 Å². The lowest BCUT2D eigenvalue weighted by Crippen LogP contribution is -2.18. The van der Waals surface area contributed by atoms with Gasteiger partial charge in [-0.1, -0.05) is 13.3 Å². The van der Waals surface area contributed by atoms with E-state index in [1.165, 1.54) is 19.2 Å². The van der Waals surface area contributed by atoms with Crippen LogP contribution in [-0.2, 0) is 24.3 Å². The summed E-state index contributed by atoms with van der Waals surface area (Å²) in [4.78, 5) is 23.1. The summed E-state index contributed by atoms with van der Waals surface area (Å²) in [5, 5.41) is 5.01. The van der Waals surface area contributed by atoms with Crippen LogP contribution >= 0.6 is 0 Å². The third-order valence-electron chi connectivity index (χ3n) is 2.80. The van der Waals surface area contributed by atoms with Gasteiger partial charge in [0.2, 0.25) is 10.0 Å². The van der Waals surface area contributed by atoms with Crippen molar-refractivity contribution in [1.82, 2.24) is 0 Å². The molecule has 128 valence electrons. The maximum absolute atomic E-state index is 12.0. The summed E-state index contributed by atoms with van der Waals surface area (Å²) in [6, 6.07) is 3.50. The maximum Gasteiger partial charge on any atom is 0.344 e. The van der Waals surface area contributed by atoms with Crippen LogP contribution in [0.5, 0.6) is 5.75 Å². The van der Waals surface area contributed by atoms with Gasteiger partial charge in [0.1, 0.15) is 11.3 Å². The van der Waals surface area contributed by atoms with Crippen LogP contribution < -0.4 is 9.88 Å². The summed E-state index contributed by atoms with van der Waals surface area (Å²) in [6.07, 6.45) is 1.58. The molecule has 9 heteroatoms. The van der Waals surface area contributed by atoms with Gasteiger partial charge < -0.3 is 14.2 Å². The average molecular weight is 345 g/mol. The molecule has 0 fully saturated rings. The first-order valence-corrected chi connectivity index (χ1v) is 8.37. The van der Waals surface area contributed by atoms with E-state index in [1.807, 2.05) is 6.92 Å². The van der Waals surface area contributed by atoms with Crippen LogP contribution in [0.2, 0.25) is 0 Å². The van der Waals surface area contributed by atoms with E-state index in [0.717, 1.165) is 12.5 Å². The van der Waals surface area contributed by atoms with Crippen LogP contribution in [0.3, 0.4) is 0 Å². The first kappa shape index (κ1) is 18.9. The summed E-state index contributed by atoms with van der Waals surface area (Å²) >= 11 is 0. The van der Waals surface area contributed by atoms with Crippen molar-refractivity contribution in [2.45, 2.75) is 24.7 Å². The van der Waals surface area contributed by atoms with Gasteiger partial charge in [-0.3, -0.25) is 0 Å². The van der Waals surface area contributed by atoms with Crippen LogP contribution in [0.4, 0.5) is 0 Å². The SMILES string of the molecule is CCCCOC(=O)COC(=O)c1cc(S(N)(=O)=O)ccc1OC. The Kier molecular flexibility index (Phi) is 6.98. The van der Waals surface area contributed by atoms with Gasteiger partial charge in [-0.2, -0.15) is 0 Å². The molecule has 1 aromatic rings. The number of unbranched alkanes of at least 4 members (excludes halogenated alkanes) is 1. The molecule has 0 aromatic heterocycles. The lowest BCUT2D eigenvalue weighted by atomic mass is 10.2. The molecule has 0 atom stereocenters. The second-order valence-electron chi connectivity index (χ2n) is 4.56. The van der Waals surface area contributed by atoms with Gasteiger partial charge in [0.05, 0.1) is 18.6 Å². The van der Waals surface area contributed by atoms with Crippen molar-refractivity contribution in [3.63, 3.8) is 0 Å². The number of esters is 2. The minimum Gasteiger partial charge on any atom is -0.496 e. The molecular weight excluding hydrogens is 326 g/mol. The molecule has 0 radical (unpaired) electrons. The van der Waals surface area contributed by atoms with Gasteiger partial charge >= 0.3 is 11.9 Å². The van der Waals surface area contributed by atoms with Crippen molar-refractivity contribution in [2.24, 2.45) is 5.14 Å². The van der Waals surface area contributed by atoms with Gasteiger partial charge in [0.15, 0.2) is 6.61 Å². The highest BCUT2D eigenvalue weighted by molar-refractivity contribution is 7.89. The molecule has 0 aliphatic heterocycles. The Morgan fingerprint density at radius 1 is 1.22 bits per heavy atom. The summed E-state index contributed by atoms with van der Waals surface area (Å²) < 4.78 is 37.3. The third kappa shape index (κ3) is 5.87. The number of nitrogens with two attached hydrogens (primary N) is 1. The minimum absolute atomic E-state index is 0.0988. The van der Waals surface area contributed by atoms with Crippen molar-refractivity contribution in [3.8, 4) is 5.75 Å². The average Bonchev–Trinajstić information content (AvgIpc) is 2.51. The number of ether oxygens (including phenoxy) is 3. The highest BCUT2D eigenvalue weighted by atomic mass is 32.2. The van der Waals surface area contributed by atoms with Crippen molar-refractivity contribution in [3.05, 3.63) is 23.8 Å². The number of rotatable bonds is 8. The van der Waals surface area contributed by atoms with E-state index in [-0.39, 0.29) is 22.8 Å². The van der Waals surface area contributed by atoms with Gasteiger partial charge in [-0.15, -0.1) is 0 Å². The Labute approximate surface area is 134 Å². The minimum atomic E-state index is -3.99. The highest BCUT2D eigenvalue weighted by Crippen LogP contribution is 2.22. The fourth-order valence-electron chi connectivity index (χ4n) is 1.60. The maximum atomic E-state index is 12.0. The zero-order chi connectivity index (χ0) is 17.5. The fourth-order valence-corrected chi connectivity index (χ4v) is 2.14. The molecule has 0 unspecified atom stereocenters. The molecule has 1 aromatic carbocycles. The zero-order valence-corrected chi connectivity index (χ0v) is 13.7. The predicted molar refractivity (Wildman–Crippen MR) is 80.5 cm³/mol. The molecule has 0 aliphatic rings. The number of benzene rings is 1. The normalized spacial score (nSPS) is 10.9. The number of carbonyl (C=O) groups is 2. The lowest BCUT2D eigenvalue weighted by molar-refractivity contribution is -0.147. The van der Waals surface area contributed by atoms with E-state index in [9.17, 15) is 18.0 Å². The molecule has 0 bridgehead atoms. The first-order chi connectivity index (χ1) is 10.8. The van der Waals surface area contributed by atoms with Crippen molar-refractivity contribution in [2.75, 3.05) is 20.3 Å². The molecule has 0 saturated heterocycles.